The van der Waals surface area contributed by atoms with Crippen molar-refractivity contribution in [3.63, 3.8) is 0 Å². The van der Waals surface area contributed by atoms with Crippen LogP contribution < -0.4 is 10.2 Å². The van der Waals surface area contributed by atoms with Crippen molar-refractivity contribution >= 4 is 28.9 Å². The summed E-state index contributed by atoms with van der Waals surface area (Å²) in [6, 6.07) is 13.7. The fourth-order valence-electron chi connectivity index (χ4n) is 2.49. The maximum Gasteiger partial charge on any atom is 0.328 e. The Morgan fingerprint density at radius 2 is 1.64 bits per heavy atom. The standard InChI is InChI=1S/C21H26N4O3/c1-14(2)19(21(27)28-5)22-20(26)15-7-6-8-17(13-15)24-23-16-9-11-18(12-10-16)25(3)4/h6-14,19H,1-5H3,(H,22,26)/t19-/m0/s1. The maximum atomic E-state index is 12.5. The summed E-state index contributed by atoms with van der Waals surface area (Å²) in [7, 11) is 5.24. The van der Waals surface area contributed by atoms with Crippen LogP contribution in [0.15, 0.2) is 58.8 Å². The van der Waals surface area contributed by atoms with Gasteiger partial charge in [-0.1, -0.05) is 19.9 Å². The first-order valence-electron chi connectivity index (χ1n) is 8.99. The van der Waals surface area contributed by atoms with Crippen LogP contribution in [0.25, 0.3) is 0 Å². The second-order valence-corrected chi connectivity index (χ2v) is 6.88. The molecule has 28 heavy (non-hydrogen) atoms. The van der Waals surface area contributed by atoms with Crippen molar-refractivity contribution < 1.29 is 14.3 Å². The Balaban J connectivity index is 2.12. The lowest BCUT2D eigenvalue weighted by Crippen LogP contribution is -2.45. The molecule has 0 spiro atoms. The summed E-state index contributed by atoms with van der Waals surface area (Å²) in [5.41, 5.74) is 2.73. The number of azo groups is 1. The van der Waals surface area contributed by atoms with Gasteiger partial charge in [0.05, 0.1) is 18.5 Å². The minimum Gasteiger partial charge on any atom is -0.467 e. The zero-order valence-electron chi connectivity index (χ0n) is 16.8. The number of nitrogens with zero attached hydrogens (tertiary/aromatic N) is 3. The SMILES string of the molecule is COC(=O)[C@@H](NC(=O)c1cccc(N=Nc2ccc(N(C)C)cc2)c1)C(C)C. The van der Waals surface area contributed by atoms with Crippen molar-refractivity contribution in [1.82, 2.24) is 5.32 Å². The van der Waals surface area contributed by atoms with Gasteiger partial charge in [0.1, 0.15) is 6.04 Å². The Morgan fingerprint density at radius 3 is 2.21 bits per heavy atom. The minimum atomic E-state index is -0.710. The van der Waals surface area contributed by atoms with Crippen LogP contribution >= 0.6 is 0 Å². The van der Waals surface area contributed by atoms with Gasteiger partial charge < -0.3 is 15.0 Å². The number of methoxy groups -OCH3 is 1. The minimum absolute atomic E-state index is 0.0931. The number of ether oxygens (including phenoxy) is 1. The number of hydrogen-bond donors (Lipinski definition) is 1. The fourth-order valence-corrected chi connectivity index (χ4v) is 2.49. The molecule has 7 heteroatoms. The quantitative estimate of drug-likeness (QED) is 0.577. The molecule has 2 aromatic carbocycles. The van der Waals surface area contributed by atoms with Crippen LogP contribution in [-0.2, 0) is 9.53 Å². The van der Waals surface area contributed by atoms with E-state index < -0.39 is 12.0 Å². The molecule has 0 aliphatic carbocycles. The maximum absolute atomic E-state index is 12.5. The molecule has 0 heterocycles. The summed E-state index contributed by atoms with van der Waals surface area (Å²) in [5, 5.41) is 11.1. The van der Waals surface area contributed by atoms with Crippen molar-refractivity contribution in [3.8, 4) is 0 Å². The highest BCUT2D eigenvalue weighted by molar-refractivity contribution is 5.97. The zero-order chi connectivity index (χ0) is 20.7. The number of carbonyl (C=O) groups is 2. The molecule has 0 unspecified atom stereocenters. The molecular weight excluding hydrogens is 356 g/mol. The first-order chi connectivity index (χ1) is 13.3. The Hall–Kier alpha value is -3.22. The summed E-state index contributed by atoms with van der Waals surface area (Å²) >= 11 is 0. The number of anilines is 1. The van der Waals surface area contributed by atoms with Gasteiger partial charge in [0.15, 0.2) is 0 Å². The number of rotatable bonds is 7. The van der Waals surface area contributed by atoms with E-state index in [0.717, 1.165) is 5.69 Å². The average Bonchev–Trinajstić information content (AvgIpc) is 2.70. The van der Waals surface area contributed by atoms with Gasteiger partial charge in [0.25, 0.3) is 5.91 Å². The van der Waals surface area contributed by atoms with Gasteiger partial charge in [-0.3, -0.25) is 4.79 Å². The molecule has 0 bridgehead atoms. The van der Waals surface area contributed by atoms with Crippen molar-refractivity contribution in [2.24, 2.45) is 16.1 Å². The molecule has 1 N–H and O–H groups in total. The molecule has 0 aliphatic rings. The summed E-state index contributed by atoms with van der Waals surface area (Å²) < 4.78 is 4.75. The van der Waals surface area contributed by atoms with E-state index >= 15 is 0 Å². The van der Waals surface area contributed by atoms with Gasteiger partial charge in [-0.15, -0.1) is 0 Å². The Labute approximate surface area is 165 Å². The second-order valence-electron chi connectivity index (χ2n) is 6.88. The number of amides is 1. The van der Waals surface area contributed by atoms with E-state index in [1.54, 1.807) is 24.3 Å². The fraction of sp³-hybridized carbons (Fsp3) is 0.333. The van der Waals surface area contributed by atoms with Gasteiger partial charge in [0.2, 0.25) is 0 Å². The van der Waals surface area contributed by atoms with E-state index in [-0.39, 0.29) is 11.8 Å². The molecule has 0 aliphatic heterocycles. The second kappa shape index (κ2) is 9.64. The summed E-state index contributed by atoms with van der Waals surface area (Å²) in [6.45, 7) is 3.68. The average molecular weight is 382 g/mol. The van der Waals surface area contributed by atoms with Crippen molar-refractivity contribution in [1.29, 1.82) is 0 Å². The number of esters is 1. The van der Waals surface area contributed by atoms with Crippen LogP contribution in [0.2, 0.25) is 0 Å². The lowest BCUT2D eigenvalue weighted by Gasteiger charge is -2.19. The Bertz CT molecular complexity index is 845. The third-order valence-electron chi connectivity index (χ3n) is 4.16. The molecule has 2 rings (SSSR count). The molecule has 7 nitrogen and oxygen atoms in total. The van der Waals surface area contributed by atoms with Gasteiger partial charge >= 0.3 is 5.97 Å². The van der Waals surface area contributed by atoms with Gasteiger partial charge in [-0.25, -0.2) is 4.79 Å². The smallest absolute Gasteiger partial charge is 0.328 e. The lowest BCUT2D eigenvalue weighted by molar-refractivity contribution is -0.144. The van der Waals surface area contributed by atoms with E-state index in [9.17, 15) is 9.59 Å². The molecule has 1 amide bonds. The number of hydrogen-bond acceptors (Lipinski definition) is 6. The molecule has 1 atom stereocenters. The van der Waals surface area contributed by atoms with Gasteiger partial charge in [-0.05, 0) is 48.4 Å². The third-order valence-corrected chi connectivity index (χ3v) is 4.16. The molecule has 0 saturated heterocycles. The van der Waals surface area contributed by atoms with Crippen LogP contribution in [0, 0.1) is 5.92 Å². The van der Waals surface area contributed by atoms with E-state index in [1.807, 2.05) is 57.1 Å². The number of nitrogens with one attached hydrogen (secondary N) is 1. The first-order valence-corrected chi connectivity index (χ1v) is 8.99. The predicted octanol–water partition coefficient (Wildman–Crippen LogP) is 4.10. The number of carbonyl (C=O) groups excluding carboxylic acids is 2. The molecule has 148 valence electrons. The molecule has 2 aromatic rings. The van der Waals surface area contributed by atoms with Crippen LogP contribution in [0.5, 0.6) is 0 Å². The van der Waals surface area contributed by atoms with Gasteiger partial charge in [-0.2, -0.15) is 10.2 Å². The highest BCUT2D eigenvalue weighted by Gasteiger charge is 2.25. The molecule has 0 radical (unpaired) electrons. The molecule has 0 aromatic heterocycles. The topological polar surface area (TPSA) is 83.4 Å². The highest BCUT2D eigenvalue weighted by atomic mass is 16.5. The molecular formula is C21H26N4O3. The first kappa shape index (κ1) is 21.1. The highest BCUT2D eigenvalue weighted by Crippen LogP contribution is 2.22. The van der Waals surface area contributed by atoms with Gasteiger partial charge in [0, 0.05) is 25.3 Å². The molecule has 0 fully saturated rings. The van der Waals surface area contributed by atoms with Crippen LogP contribution in [0.1, 0.15) is 24.2 Å². The largest absolute Gasteiger partial charge is 0.467 e. The normalized spacial score (nSPS) is 12.1. The molecule has 0 saturated carbocycles. The van der Waals surface area contributed by atoms with Crippen molar-refractivity contribution in [2.75, 3.05) is 26.1 Å². The van der Waals surface area contributed by atoms with E-state index in [4.69, 9.17) is 4.74 Å². The van der Waals surface area contributed by atoms with Crippen molar-refractivity contribution in [2.45, 2.75) is 19.9 Å². The summed E-state index contributed by atoms with van der Waals surface area (Å²) in [6.07, 6.45) is 0. The lowest BCUT2D eigenvalue weighted by atomic mass is 10.0. The Morgan fingerprint density at radius 1 is 1.00 bits per heavy atom. The van der Waals surface area contributed by atoms with E-state index in [1.165, 1.54) is 7.11 Å². The van der Waals surface area contributed by atoms with Crippen molar-refractivity contribution in [3.05, 3.63) is 54.1 Å². The number of benzene rings is 2. The summed E-state index contributed by atoms with van der Waals surface area (Å²) in [5.74, 6) is -0.929. The van der Waals surface area contributed by atoms with Crippen LogP contribution in [0.4, 0.5) is 17.1 Å². The van der Waals surface area contributed by atoms with E-state index in [2.05, 4.69) is 15.5 Å². The van der Waals surface area contributed by atoms with E-state index in [0.29, 0.717) is 16.9 Å². The Kier molecular flexibility index (Phi) is 7.26. The predicted molar refractivity (Wildman–Crippen MR) is 109 cm³/mol. The third kappa shape index (κ3) is 5.64. The summed E-state index contributed by atoms with van der Waals surface area (Å²) in [4.78, 5) is 26.4. The zero-order valence-corrected chi connectivity index (χ0v) is 16.8. The van der Waals surface area contributed by atoms with Crippen LogP contribution in [-0.4, -0.2) is 39.1 Å². The van der Waals surface area contributed by atoms with Crippen LogP contribution in [0.3, 0.4) is 0 Å². The monoisotopic (exact) mass is 382 g/mol.